The van der Waals surface area contributed by atoms with Gasteiger partial charge in [-0.25, -0.2) is 0 Å². The maximum Gasteiger partial charge on any atom is 0.305 e. The second-order valence-electron chi connectivity index (χ2n) is 11.0. The summed E-state index contributed by atoms with van der Waals surface area (Å²) in [7, 11) is 0. The highest BCUT2D eigenvalue weighted by Gasteiger charge is 2.30. The van der Waals surface area contributed by atoms with Crippen molar-refractivity contribution in [3.05, 3.63) is 0 Å². The lowest BCUT2D eigenvalue weighted by Crippen LogP contribution is -2.39. The van der Waals surface area contributed by atoms with Crippen LogP contribution in [0.2, 0.25) is 0 Å². The van der Waals surface area contributed by atoms with E-state index in [1.54, 1.807) is 0 Å². The average molecular weight is 477 g/mol. The van der Waals surface area contributed by atoms with Crippen LogP contribution in [0.25, 0.3) is 0 Å². The third-order valence-corrected chi connectivity index (χ3v) is 6.89. The summed E-state index contributed by atoms with van der Waals surface area (Å²) in [6.45, 7) is 10.3. The Labute approximate surface area is 203 Å². The fraction of sp³-hybridized carbons (Fsp3) is 0.963. The van der Waals surface area contributed by atoms with Crippen molar-refractivity contribution in [1.29, 1.82) is 0 Å². The lowest BCUT2D eigenvalue weighted by atomic mass is 9.90. The molecule has 0 aliphatic rings. The molecule has 6 heteroatoms. The first-order valence-corrected chi connectivity index (χ1v) is 13.2. The molecule has 0 saturated heterocycles. The first kappa shape index (κ1) is 34.5. The molecule has 3 unspecified atom stereocenters. The number of carbonyl (C=O) groups excluding carboxylic acids is 1. The van der Waals surface area contributed by atoms with Crippen LogP contribution in [0.1, 0.15) is 112 Å². The summed E-state index contributed by atoms with van der Waals surface area (Å²) in [5, 5.41) is 27.8. The first-order chi connectivity index (χ1) is 15.2. The molecule has 33 heavy (non-hydrogen) atoms. The number of ether oxygens (including phenoxy) is 1. The van der Waals surface area contributed by atoms with E-state index in [4.69, 9.17) is 4.74 Å². The van der Waals surface area contributed by atoms with Crippen molar-refractivity contribution >= 4 is 5.97 Å². The summed E-state index contributed by atoms with van der Waals surface area (Å²) in [5.41, 5.74) is -1.15. The van der Waals surface area contributed by atoms with E-state index < -0.39 is 25.2 Å². The van der Waals surface area contributed by atoms with Crippen LogP contribution < -0.4 is 0 Å². The van der Waals surface area contributed by atoms with Crippen LogP contribution in [0.4, 0.5) is 0 Å². The van der Waals surface area contributed by atoms with Gasteiger partial charge in [0.05, 0.1) is 25.2 Å². The molecule has 0 spiro atoms. The molecule has 5 N–H and O–H groups in total. The van der Waals surface area contributed by atoms with E-state index in [2.05, 4.69) is 34.6 Å². The Morgan fingerprint density at radius 1 is 0.667 bits per heavy atom. The minimum absolute atomic E-state index is 0. The lowest BCUT2D eigenvalue weighted by Gasteiger charge is -2.26. The highest BCUT2D eigenvalue weighted by atomic mass is 16.5. The summed E-state index contributed by atoms with van der Waals surface area (Å²) in [5.74, 6) is 2.76. The van der Waals surface area contributed by atoms with Crippen LogP contribution in [0.15, 0.2) is 0 Å². The molecule has 0 aliphatic heterocycles. The molecule has 0 fully saturated rings. The van der Waals surface area contributed by atoms with Crippen molar-refractivity contribution in [3.8, 4) is 0 Å². The molecule has 200 valence electrons. The van der Waals surface area contributed by atoms with Crippen LogP contribution >= 0.6 is 0 Å². The molecule has 0 bridgehead atoms. The Kier molecular flexibility index (Phi) is 21.6. The lowest BCUT2D eigenvalue weighted by molar-refractivity contribution is -0.151. The van der Waals surface area contributed by atoms with Gasteiger partial charge in [0.1, 0.15) is 6.61 Å². The average Bonchev–Trinajstić information content (AvgIpc) is 2.75. The van der Waals surface area contributed by atoms with Gasteiger partial charge in [-0.3, -0.25) is 4.79 Å². The van der Waals surface area contributed by atoms with Gasteiger partial charge in [-0.1, -0.05) is 98.8 Å². The highest BCUT2D eigenvalue weighted by molar-refractivity contribution is 5.69. The molecule has 0 aromatic heterocycles. The zero-order chi connectivity index (χ0) is 24.4. The van der Waals surface area contributed by atoms with Gasteiger partial charge < -0.3 is 25.5 Å². The van der Waals surface area contributed by atoms with Crippen molar-refractivity contribution < 1.29 is 30.3 Å². The summed E-state index contributed by atoms with van der Waals surface area (Å²) in [4.78, 5) is 11.9. The van der Waals surface area contributed by atoms with Gasteiger partial charge in [0.25, 0.3) is 0 Å². The van der Waals surface area contributed by atoms with Gasteiger partial charge in [-0.05, 0) is 30.1 Å². The monoisotopic (exact) mass is 476 g/mol. The van der Waals surface area contributed by atoms with E-state index in [9.17, 15) is 20.1 Å². The zero-order valence-corrected chi connectivity index (χ0v) is 22.3. The largest absolute Gasteiger partial charge is 0.465 e. The number of esters is 1. The second-order valence-corrected chi connectivity index (χ2v) is 11.0. The molecule has 0 heterocycles. The topological polar surface area (TPSA) is 118 Å². The Balaban J connectivity index is 0. The molecule has 0 aromatic carbocycles. The minimum Gasteiger partial charge on any atom is -0.465 e. The molecule has 0 aliphatic carbocycles. The Morgan fingerprint density at radius 2 is 1.03 bits per heavy atom. The van der Waals surface area contributed by atoms with Crippen molar-refractivity contribution in [2.24, 2.45) is 29.1 Å². The zero-order valence-electron chi connectivity index (χ0n) is 22.3. The van der Waals surface area contributed by atoms with Crippen LogP contribution in [0, 0.1) is 29.1 Å². The number of aliphatic hydroxyl groups is 3. The fourth-order valence-corrected chi connectivity index (χ4v) is 4.12. The number of rotatable bonds is 21. The smallest absolute Gasteiger partial charge is 0.305 e. The predicted octanol–water partition coefficient (Wildman–Crippen LogP) is 4.91. The van der Waals surface area contributed by atoms with Crippen molar-refractivity contribution in [1.82, 2.24) is 0 Å². The maximum atomic E-state index is 11.9. The summed E-state index contributed by atoms with van der Waals surface area (Å²) >= 11 is 0. The van der Waals surface area contributed by atoms with Crippen molar-refractivity contribution in [2.75, 3.05) is 26.4 Å². The van der Waals surface area contributed by atoms with Crippen LogP contribution in [0.3, 0.4) is 0 Å². The van der Waals surface area contributed by atoms with E-state index in [1.165, 1.54) is 57.8 Å². The Morgan fingerprint density at radius 3 is 1.39 bits per heavy atom. The van der Waals surface area contributed by atoms with Gasteiger partial charge >= 0.3 is 5.97 Å². The van der Waals surface area contributed by atoms with Crippen LogP contribution in [-0.2, 0) is 9.53 Å². The van der Waals surface area contributed by atoms with Gasteiger partial charge in [0.2, 0.25) is 0 Å². The molecule has 3 atom stereocenters. The van der Waals surface area contributed by atoms with E-state index in [0.29, 0.717) is 12.3 Å². The molecule has 0 amide bonds. The van der Waals surface area contributed by atoms with E-state index in [-0.39, 0.29) is 18.1 Å². The molecule has 0 rings (SSSR count). The maximum absolute atomic E-state index is 11.9. The molecule has 0 saturated carbocycles. The Hall–Kier alpha value is -0.690. The number of hydrogen-bond donors (Lipinski definition) is 3. The molecule has 0 radical (unpaired) electrons. The molecule has 0 aromatic rings. The Bertz CT molecular complexity index is 442. The number of carbonyl (C=O) groups is 1. The third kappa shape index (κ3) is 18.3. The second kappa shape index (κ2) is 20.7. The van der Waals surface area contributed by atoms with Crippen LogP contribution in [-0.4, -0.2) is 53.2 Å². The standard InChI is InChI=1S/C27H54O5.H2O/c1-22(2)10-6-11-23(3)12-7-13-24(4)14-8-15-25(5)16-9-17-26(31)32-21-27(18-28,19-29)20-30;/h22-25,28-30H,6-21H2,1-5H3;1H2. The number of hydrogen-bond acceptors (Lipinski definition) is 5. The van der Waals surface area contributed by atoms with Crippen molar-refractivity contribution in [2.45, 2.75) is 112 Å². The van der Waals surface area contributed by atoms with E-state index in [1.807, 2.05) is 0 Å². The quantitative estimate of drug-likeness (QED) is 0.203. The summed E-state index contributed by atoms with van der Waals surface area (Å²) in [6, 6.07) is 0. The van der Waals surface area contributed by atoms with E-state index in [0.717, 1.165) is 30.6 Å². The van der Waals surface area contributed by atoms with Gasteiger partial charge in [0.15, 0.2) is 0 Å². The molecular formula is C27H56O6. The molecular weight excluding hydrogens is 420 g/mol. The van der Waals surface area contributed by atoms with Crippen molar-refractivity contribution in [3.63, 3.8) is 0 Å². The van der Waals surface area contributed by atoms with Gasteiger partial charge in [0, 0.05) is 6.42 Å². The fourth-order valence-electron chi connectivity index (χ4n) is 4.12. The van der Waals surface area contributed by atoms with Crippen LogP contribution in [0.5, 0.6) is 0 Å². The molecule has 6 nitrogen and oxygen atoms in total. The van der Waals surface area contributed by atoms with Gasteiger partial charge in [-0.2, -0.15) is 0 Å². The number of aliphatic hydroxyl groups excluding tert-OH is 3. The summed E-state index contributed by atoms with van der Waals surface area (Å²) < 4.78 is 5.14. The third-order valence-electron chi connectivity index (χ3n) is 6.89. The van der Waals surface area contributed by atoms with E-state index >= 15 is 0 Å². The summed E-state index contributed by atoms with van der Waals surface area (Å²) in [6.07, 6.45) is 14.0. The normalized spacial score (nSPS) is 14.6. The highest BCUT2D eigenvalue weighted by Crippen LogP contribution is 2.23. The van der Waals surface area contributed by atoms with Gasteiger partial charge in [-0.15, -0.1) is 0 Å². The first-order valence-electron chi connectivity index (χ1n) is 13.2. The predicted molar refractivity (Wildman–Crippen MR) is 136 cm³/mol. The minimum atomic E-state index is -1.15. The SMILES string of the molecule is CC(C)CCCC(C)CCCC(C)CCCC(C)CCCC(=O)OCC(CO)(CO)CO.O.